The second-order valence-electron chi connectivity index (χ2n) is 1.11. The lowest BCUT2D eigenvalue weighted by molar-refractivity contribution is -0.130. The van der Waals surface area contributed by atoms with Crippen molar-refractivity contribution in [1.82, 2.24) is 0 Å². The zero-order valence-electron chi connectivity index (χ0n) is 4.26. The smallest absolute Gasteiger partial charge is 0.382 e. The average Bonchev–Trinajstić information content (AvgIpc) is 1.61. The Morgan fingerprint density at radius 3 is 2.25 bits per heavy atom. The largest absolute Gasteiger partial charge is 0.472 e. The van der Waals surface area contributed by atoms with Gasteiger partial charge in [-0.15, -0.1) is 0 Å². The molecule has 0 unspecified atom stereocenters. The van der Waals surface area contributed by atoms with Crippen LogP contribution in [0.2, 0.25) is 0 Å². The Kier molecular flexibility index (Phi) is 2.82. The van der Waals surface area contributed by atoms with E-state index in [9.17, 15) is 4.79 Å². The summed E-state index contributed by atoms with van der Waals surface area (Å²) in [5.41, 5.74) is 0. The number of rotatable bonds is 0. The summed E-state index contributed by atoms with van der Waals surface area (Å²) in [4.78, 5) is 10.1. The summed E-state index contributed by atoms with van der Waals surface area (Å²) in [5, 5.41) is 7.93. The fraction of sp³-hybridized carbons (Fsp3) is 0.200. The number of hydrogen-bond donors (Lipinski definition) is 1. The first-order valence-electron chi connectivity index (χ1n) is 1.88. The predicted octanol–water partition coefficient (Wildman–Crippen LogP) is 0.464. The van der Waals surface area contributed by atoms with Crippen molar-refractivity contribution >= 4 is 23.1 Å². The van der Waals surface area contributed by atoms with Gasteiger partial charge in [0.2, 0.25) is 0 Å². The van der Waals surface area contributed by atoms with Crippen LogP contribution in [0.5, 0.6) is 0 Å². The van der Waals surface area contributed by atoms with E-state index in [1.54, 1.807) is 6.92 Å². The molecule has 0 saturated carbocycles. The third kappa shape index (κ3) is 5.12. The van der Waals surface area contributed by atoms with E-state index in [2.05, 4.69) is 18.1 Å². The summed E-state index contributed by atoms with van der Waals surface area (Å²) < 4.78 is 0. The van der Waals surface area contributed by atoms with Crippen molar-refractivity contribution in [2.45, 2.75) is 6.92 Å². The Hall–Kier alpha value is -0.880. The molecule has 0 rings (SSSR count). The van der Waals surface area contributed by atoms with Crippen LogP contribution in [-0.4, -0.2) is 15.9 Å². The van der Waals surface area contributed by atoms with Crippen LogP contribution in [0.1, 0.15) is 6.92 Å². The molecule has 0 radical (unpaired) electrons. The van der Waals surface area contributed by atoms with Gasteiger partial charge >= 0.3 is 5.97 Å². The molecule has 0 aliphatic heterocycles. The molecule has 0 amide bonds. The van der Waals surface area contributed by atoms with Crippen molar-refractivity contribution in [3.8, 4) is 11.8 Å². The van der Waals surface area contributed by atoms with Gasteiger partial charge in [0.05, 0.1) is 4.86 Å². The highest BCUT2D eigenvalue weighted by Crippen LogP contribution is 1.67. The van der Waals surface area contributed by atoms with E-state index < -0.39 is 5.97 Å². The maximum atomic E-state index is 9.67. The van der Waals surface area contributed by atoms with Gasteiger partial charge in [0.15, 0.2) is 0 Å². The Balaban J connectivity index is 3.87. The molecule has 3 heteroatoms. The Labute approximate surface area is 52.5 Å². The Morgan fingerprint density at radius 1 is 1.62 bits per heavy atom. The molecule has 0 aromatic rings. The summed E-state index contributed by atoms with van der Waals surface area (Å²) in [6, 6.07) is 0. The molecular weight excluding hydrogens is 124 g/mol. The number of carboxylic acid groups (broad SMARTS) is 1. The van der Waals surface area contributed by atoms with Gasteiger partial charge in [-0.1, -0.05) is 12.2 Å². The first-order chi connectivity index (χ1) is 3.63. The zero-order valence-corrected chi connectivity index (χ0v) is 5.08. The quantitative estimate of drug-likeness (QED) is 0.380. The van der Waals surface area contributed by atoms with Crippen molar-refractivity contribution < 1.29 is 9.90 Å². The van der Waals surface area contributed by atoms with Gasteiger partial charge in [-0.05, 0) is 12.8 Å². The first-order valence-corrected chi connectivity index (χ1v) is 2.29. The fourth-order valence-corrected chi connectivity index (χ4v) is 0.193. The molecule has 0 bridgehead atoms. The van der Waals surface area contributed by atoms with Crippen LogP contribution in [0.25, 0.3) is 0 Å². The molecule has 0 spiro atoms. The van der Waals surface area contributed by atoms with Crippen LogP contribution >= 0.6 is 12.2 Å². The Morgan fingerprint density at radius 2 is 2.12 bits per heavy atom. The SMILES string of the molecule is CC(=S)C#CC(=O)O. The number of hydrogen-bond acceptors (Lipinski definition) is 2. The van der Waals surface area contributed by atoms with E-state index in [0.29, 0.717) is 4.86 Å². The van der Waals surface area contributed by atoms with Crippen LogP contribution < -0.4 is 0 Å². The molecule has 0 aliphatic rings. The van der Waals surface area contributed by atoms with Gasteiger partial charge in [0.1, 0.15) is 0 Å². The van der Waals surface area contributed by atoms with Crippen molar-refractivity contribution in [3.05, 3.63) is 0 Å². The topological polar surface area (TPSA) is 37.3 Å². The molecule has 0 aliphatic carbocycles. The second kappa shape index (κ2) is 3.16. The van der Waals surface area contributed by atoms with Gasteiger partial charge in [0.25, 0.3) is 0 Å². The number of aliphatic carboxylic acids is 1. The highest BCUT2D eigenvalue weighted by Gasteiger charge is 1.81. The van der Waals surface area contributed by atoms with Crippen molar-refractivity contribution in [2.24, 2.45) is 0 Å². The van der Waals surface area contributed by atoms with Gasteiger partial charge < -0.3 is 5.11 Å². The van der Waals surface area contributed by atoms with Crippen LogP contribution in [0.15, 0.2) is 0 Å². The predicted molar refractivity (Wildman–Crippen MR) is 33.7 cm³/mol. The second-order valence-corrected chi connectivity index (χ2v) is 1.72. The monoisotopic (exact) mass is 128 g/mol. The standard InChI is InChI=1S/C5H4O2S/c1-4(8)2-3-5(6)7/h1H3,(H,6,7). The molecule has 0 aromatic heterocycles. The van der Waals surface area contributed by atoms with Crippen LogP contribution in [0.3, 0.4) is 0 Å². The van der Waals surface area contributed by atoms with Crippen molar-refractivity contribution in [1.29, 1.82) is 0 Å². The summed E-state index contributed by atoms with van der Waals surface area (Å²) in [6.07, 6.45) is 0. The zero-order chi connectivity index (χ0) is 6.57. The maximum absolute atomic E-state index is 9.67. The summed E-state index contributed by atoms with van der Waals surface area (Å²) in [5.74, 6) is 2.95. The normalized spacial score (nSPS) is 6.62. The number of carboxylic acids is 1. The minimum Gasteiger partial charge on any atom is -0.472 e. The van der Waals surface area contributed by atoms with Crippen molar-refractivity contribution in [2.75, 3.05) is 0 Å². The van der Waals surface area contributed by atoms with Gasteiger partial charge in [-0.3, -0.25) is 0 Å². The lowest BCUT2D eigenvalue weighted by Crippen LogP contribution is -1.88. The number of thiocarbonyl (C=S) groups is 1. The van der Waals surface area contributed by atoms with Crippen molar-refractivity contribution in [3.63, 3.8) is 0 Å². The van der Waals surface area contributed by atoms with Gasteiger partial charge in [-0.25, -0.2) is 4.79 Å². The fourth-order valence-electron chi connectivity index (χ4n) is 0.141. The van der Waals surface area contributed by atoms with Crippen LogP contribution in [-0.2, 0) is 4.79 Å². The van der Waals surface area contributed by atoms with Gasteiger partial charge in [0, 0.05) is 5.92 Å². The highest BCUT2D eigenvalue weighted by molar-refractivity contribution is 7.80. The van der Waals surface area contributed by atoms with Crippen LogP contribution in [0, 0.1) is 11.8 Å². The number of carbonyl (C=O) groups is 1. The van der Waals surface area contributed by atoms with E-state index in [1.165, 1.54) is 0 Å². The highest BCUT2D eigenvalue weighted by atomic mass is 32.1. The van der Waals surface area contributed by atoms with E-state index in [4.69, 9.17) is 5.11 Å². The molecule has 2 nitrogen and oxygen atoms in total. The van der Waals surface area contributed by atoms with E-state index in [1.807, 2.05) is 5.92 Å². The minimum absolute atomic E-state index is 0.396. The molecule has 42 valence electrons. The van der Waals surface area contributed by atoms with E-state index in [0.717, 1.165) is 0 Å². The first kappa shape index (κ1) is 7.12. The molecule has 0 saturated heterocycles. The molecule has 1 N–H and O–H groups in total. The van der Waals surface area contributed by atoms with Gasteiger partial charge in [-0.2, -0.15) is 0 Å². The van der Waals surface area contributed by atoms with E-state index in [-0.39, 0.29) is 0 Å². The van der Waals surface area contributed by atoms with E-state index >= 15 is 0 Å². The molecular formula is C5H4O2S. The third-order valence-corrected chi connectivity index (χ3v) is 0.448. The lowest BCUT2D eigenvalue weighted by atomic mass is 10.5. The summed E-state index contributed by atoms with van der Waals surface area (Å²) in [7, 11) is 0. The van der Waals surface area contributed by atoms with Crippen LogP contribution in [0.4, 0.5) is 0 Å². The molecule has 0 heterocycles. The lowest BCUT2D eigenvalue weighted by Gasteiger charge is -1.70. The average molecular weight is 128 g/mol. The molecule has 0 fully saturated rings. The minimum atomic E-state index is -1.14. The third-order valence-electron chi connectivity index (χ3n) is 0.345. The Bertz CT molecular complexity index is 155. The molecule has 0 atom stereocenters. The summed E-state index contributed by atoms with van der Waals surface area (Å²) >= 11 is 4.48. The summed E-state index contributed by atoms with van der Waals surface area (Å²) in [6.45, 7) is 1.57. The maximum Gasteiger partial charge on any atom is 0.382 e. The molecule has 8 heavy (non-hydrogen) atoms. The molecule has 0 aromatic carbocycles.